The zero-order valence-corrected chi connectivity index (χ0v) is 17.6. The van der Waals surface area contributed by atoms with Crippen molar-refractivity contribution in [2.24, 2.45) is 5.41 Å². The Morgan fingerprint density at radius 1 is 1.10 bits per heavy atom. The number of alkyl halides is 3. The van der Waals surface area contributed by atoms with Crippen LogP contribution in [0, 0.1) is 18.2 Å². The van der Waals surface area contributed by atoms with Crippen LogP contribution in [-0.2, 0) is 12.6 Å². The number of aromatic nitrogens is 4. The molecule has 9 heteroatoms. The molecule has 0 amide bonds. The molecule has 2 heterocycles. The quantitative estimate of drug-likeness (QED) is 0.532. The Balaban J connectivity index is 2.06. The van der Waals surface area contributed by atoms with E-state index in [1.165, 1.54) is 6.07 Å². The fourth-order valence-corrected chi connectivity index (χ4v) is 3.35. The molecule has 0 aliphatic carbocycles. The van der Waals surface area contributed by atoms with E-state index in [4.69, 9.17) is 0 Å². The van der Waals surface area contributed by atoms with Gasteiger partial charge in [0, 0.05) is 18.2 Å². The molecule has 0 radical (unpaired) electrons. The van der Waals surface area contributed by atoms with Crippen molar-refractivity contribution in [2.45, 2.75) is 59.7 Å². The number of nitrogens with zero attached hydrogens (tertiary/aromatic N) is 4. The van der Waals surface area contributed by atoms with Crippen LogP contribution in [0.5, 0.6) is 0 Å². The highest BCUT2D eigenvalue weighted by Gasteiger charge is 2.35. The minimum absolute atomic E-state index is 0.407. The van der Waals surface area contributed by atoms with Gasteiger partial charge >= 0.3 is 6.18 Å². The third-order valence-corrected chi connectivity index (χ3v) is 4.75. The summed E-state index contributed by atoms with van der Waals surface area (Å²) in [4.78, 5) is 8.83. The summed E-state index contributed by atoms with van der Waals surface area (Å²) >= 11 is 0. The van der Waals surface area contributed by atoms with E-state index in [9.17, 15) is 17.6 Å². The molecule has 0 bridgehead atoms. The van der Waals surface area contributed by atoms with Crippen LogP contribution in [0.3, 0.4) is 0 Å². The Bertz CT molecular complexity index is 1050. The summed E-state index contributed by atoms with van der Waals surface area (Å²) in [6.45, 7) is 9.63. The first kappa shape index (κ1) is 22.0. The first-order valence-electron chi connectivity index (χ1n) is 9.76. The van der Waals surface area contributed by atoms with Crippen LogP contribution in [0.25, 0.3) is 5.78 Å². The Hall–Kier alpha value is -2.71. The Kier molecular flexibility index (Phi) is 5.75. The minimum atomic E-state index is -4.74. The van der Waals surface area contributed by atoms with E-state index in [0.29, 0.717) is 35.1 Å². The molecule has 0 unspecified atom stereocenters. The summed E-state index contributed by atoms with van der Waals surface area (Å²) in [6, 6.07) is 4.34. The Morgan fingerprint density at radius 2 is 1.80 bits per heavy atom. The maximum absolute atomic E-state index is 14.3. The fourth-order valence-electron chi connectivity index (χ4n) is 3.35. The normalized spacial score (nSPS) is 13.6. The highest BCUT2D eigenvalue weighted by atomic mass is 19.4. The first-order valence-corrected chi connectivity index (χ1v) is 9.76. The van der Waals surface area contributed by atoms with Gasteiger partial charge in [0.15, 0.2) is 5.82 Å². The van der Waals surface area contributed by atoms with Gasteiger partial charge in [0.25, 0.3) is 5.78 Å². The van der Waals surface area contributed by atoms with Crippen LogP contribution >= 0.6 is 0 Å². The second kappa shape index (κ2) is 7.85. The number of nitrogens with one attached hydrogen (secondary N) is 1. The number of hydrogen-bond donors (Lipinski definition) is 1. The van der Waals surface area contributed by atoms with E-state index in [1.54, 1.807) is 10.6 Å². The summed E-state index contributed by atoms with van der Waals surface area (Å²) in [5, 5.41) is 7.83. The van der Waals surface area contributed by atoms with Crippen molar-refractivity contribution >= 4 is 11.6 Å². The number of hydrogen-bond acceptors (Lipinski definition) is 4. The van der Waals surface area contributed by atoms with Gasteiger partial charge in [0.05, 0.1) is 11.6 Å². The summed E-state index contributed by atoms with van der Waals surface area (Å²) in [5.74, 6) is 0.393. The second-order valence-electron chi connectivity index (χ2n) is 8.45. The molecular weight excluding hydrogens is 398 g/mol. The average Bonchev–Trinajstić information content (AvgIpc) is 2.99. The van der Waals surface area contributed by atoms with Gasteiger partial charge in [-0.2, -0.15) is 22.7 Å². The maximum atomic E-state index is 14.3. The van der Waals surface area contributed by atoms with Gasteiger partial charge in [-0.1, -0.05) is 33.8 Å². The molecule has 0 spiro atoms. The van der Waals surface area contributed by atoms with E-state index >= 15 is 0 Å². The monoisotopic (exact) mass is 423 g/mol. The van der Waals surface area contributed by atoms with Gasteiger partial charge in [0.1, 0.15) is 11.6 Å². The molecule has 162 valence electrons. The molecule has 2 aromatic heterocycles. The molecule has 3 rings (SSSR count). The molecule has 1 atom stereocenters. The third kappa shape index (κ3) is 4.55. The molecule has 5 nitrogen and oxygen atoms in total. The van der Waals surface area contributed by atoms with Gasteiger partial charge in [-0.25, -0.2) is 9.37 Å². The zero-order valence-electron chi connectivity index (χ0n) is 17.6. The van der Waals surface area contributed by atoms with Crippen LogP contribution in [-0.4, -0.2) is 19.6 Å². The molecule has 0 fully saturated rings. The summed E-state index contributed by atoms with van der Waals surface area (Å²) < 4.78 is 54.7. The number of halogens is 4. The van der Waals surface area contributed by atoms with Crippen LogP contribution in [0.2, 0.25) is 0 Å². The smallest absolute Gasteiger partial charge is 0.363 e. The number of rotatable bonds is 5. The predicted molar refractivity (Wildman–Crippen MR) is 107 cm³/mol. The molecular formula is C21H25F4N5. The van der Waals surface area contributed by atoms with Crippen molar-refractivity contribution in [3.8, 4) is 0 Å². The lowest BCUT2D eigenvalue weighted by Gasteiger charge is -2.33. The third-order valence-electron chi connectivity index (χ3n) is 4.75. The van der Waals surface area contributed by atoms with Crippen molar-refractivity contribution in [3.05, 3.63) is 52.7 Å². The highest BCUT2D eigenvalue weighted by molar-refractivity contribution is 5.48. The highest BCUT2D eigenvalue weighted by Crippen LogP contribution is 2.38. The lowest BCUT2D eigenvalue weighted by molar-refractivity contribution is -0.140. The van der Waals surface area contributed by atoms with Crippen LogP contribution < -0.4 is 5.32 Å². The summed E-state index contributed by atoms with van der Waals surface area (Å²) in [7, 11) is 0. The Morgan fingerprint density at radius 3 is 2.37 bits per heavy atom. The molecule has 0 saturated carbocycles. The van der Waals surface area contributed by atoms with E-state index in [-0.39, 0.29) is 0 Å². The molecule has 30 heavy (non-hydrogen) atoms. The van der Waals surface area contributed by atoms with E-state index in [2.05, 4.69) is 20.4 Å². The molecule has 0 saturated heterocycles. The van der Waals surface area contributed by atoms with Crippen molar-refractivity contribution in [1.82, 2.24) is 19.6 Å². The van der Waals surface area contributed by atoms with Crippen molar-refractivity contribution in [3.63, 3.8) is 0 Å². The molecule has 1 N–H and O–H groups in total. The second-order valence-corrected chi connectivity index (χ2v) is 8.45. The largest absolute Gasteiger partial charge is 0.419 e. The van der Waals surface area contributed by atoms with E-state index in [1.807, 2.05) is 34.6 Å². The van der Waals surface area contributed by atoms with E-state index in [0.717, 1.165) is 18.6 Å². The minimum Gasteiger partial charge on any atom is -0.363 e. The summed E-state index contributed by atoms with van der Waals surface area (Å²) in [6.07, 6.45) is -3.15. The number of anilines is 1. The van der Waals surface area contributed by atoms with Crippen molar-refractivity contribution in [1.29, 1.82) is 0 Å². The standard InChI is InChI=1S/C21H25F4N5/c1-6-7-16-27-19-26-12(2)10-17(30(19)29-16)28-18(20(3,4)5)13-8-9-14(15(22)11-13)21(23,24)25/h8-11,18,28H,6-7H2,1-5H3/t18-/m0/s1. The predicted octanol–water partition coefficient (Wildman–Crippen LogP) is 5.74. The molecule has 0 aliphatic heterocycles. The maximum Gasteiger partial charge on any atom is 0.419 e. The first-order chi connectivity index (χ1) is 13.9. The van der Waals surface area contributed by atoms with Crippen molar-refractivity contribution < 1.29 is 17.6 Å². The number of benzene rings is 1. The molecule has 3 aromatic rings. The van der Waals surface area contributed by atoms with Gasteiger partial charge < -0.3 is 5.32 Å². The van der Waals surface area contributed by atoms with Gasteiger partial charge in [-0.15, -0.1) is 5.10 Å². The average molecular weight is 423 g/mol. The Labute approximate surface area is 172 Å². The topological polar surface area (TPSA) is 55.1 Å². The number of aryl methyl sites for hydroxylation is 2. The SMILES string of the molecule is CCCc1nc2nc(C)cc(N[C@@H](c3ccc(C(F)(F)F)c(F)c3)C(C)(C)C)n2n1. The van der Waals surface area contributed by atoms with Gasteiger partial charge in [-0.05, 0) is 36.5 Å². The van der Waals surface area contributed by atoms with E-state index < -0.39 is 29.0 Å². The van der Waals surface area contributed by atoms with Crippen LogP contribution in [0.15, 0.2) is 24.3 Å². The van der Waals surface area contributed by atoms with Crippen molar-refractivity contribution in [2.75, 3.05) is 5.32 Å². The summed E-state index contributed by atoms with van der Waals surface area (Å²) in [5.41, 5.74) is -0.597. The lowest BCUT2D eigenvalue weighted by Crippen LogP contribution is -2.27. The number of fused-ring (bicyclic) bond motifs is 1. The lowest BCUT2D eigenvalue weighted by atomic mass is 9.82. The zero-order chi connectivity index (χ0) is 22.3. The van der Waals surface area contributed by atoms with Gasteiger partial charge in [-0.3, -0.25) is 0 Å². The van der Waals surface area contributed by atoms with Crippen LogP contribution in [0.1, 0.15) is 62.8 Å². The molecule has 0 aliphatic rings. The molecule has 1 aromatic carbocycles. The van der Waals surface area contributed by atoms with Gasteiger partial charge in [0.2, 0.25) is 0 Å². The van der Waals surface area contributed by atoms with Crippen LogP contribution in [0.4, 0.5) is 23.4 Å². The fraction of sp³-hybridized carbons (Fsp3) is 0.476.